The molecule has 1 N–H and O–H groups in total. The number of rotatable bonds is 9. The Bertz CT molecular complexity index is 1390. The molecule has 1 saturated carbocycles. The van der Waals surface area contributed by atoms with Crippen LogP contribution < -0.4 is 5.56 Å². The van der Waals surface area contributed by atoms with Gasteiger partial charge in [-0.25, -0.2) is 4.68 Å². The molecule has 0 amide bonds. The summed E-state index contributed by atoms with van der Waals surface area (Å²) < 4.78 is 2.08. The van der Waals surface area contributed by atoms with Gasteiger partial charge in [-0.05, 0) is 78.8 Å². The first-order valence-corrected chi connectivity index (χ1v) is 13.7. The van der Waals surface area contributed by atoms with Crippen LogP contribution in [-0.4, -0.2) is 36.6 Å². The van der Waals surface area contributed by atoms with Crippen LogP contribution in [0.1, 0.15) is 85.6 Å². The van der Waals surface area contributed by atoms with Gasteiger partial charge in [0.25, 0.3) is 5.56 Å². The summed E-state index contributed by atoms with van der Waals surface area (Å²) in [5, 5.41) is 14.2. The van der Waals surface area contributed by atoms with E-state index in [0.717, 1.165) is 60.1 Å². The van der Waals surface area contributed by atoms with E-state index in [9.17, 15) is 4.79 Å². The third-order valence-corrected chi connectivity index (χ3v) is 7.86. The Morgan fingerprint density at radius 3 is 2.62 bits per heavy atom. The summed E-state index contributed by atoms with van der Waals surface area (Å²) in [4.78, 5) is 18.8. The Kier molecular flexibility index (Phi) is 7.79. The van der Waals surface area contributed by atoms with E-state index in [2.05, 4.69) is 87.3 Å². The summed E-state index contributed by atoms with van der Waals surface area (Å²) in [6.07, 6.45) is 7.76. The second-order valence-corrected chi connectivity index (χ2v) is 10.6. The van der Waals surface area contributed by atoms with Crippen LogP contribution in [0.3, 0.4) is 0 Å². The minimum Gasteiger partial charge on any atom is -0.322 e. The summed E-state index contributed by atoms with van der Waals surface area (Å²) in [6.45, 7) is 7.72. The lowest BCUT2D eigenvalue weighted by atomic mass is 9.95. The fourth-order valence-corrected chi connectivity index (χ4v) is 5.92. The highest BCUT2D eigenvalue weighted by Gasteiger charge is 2.29. The number of aromatic amines is 1. The van der Waals surface area contributed by atoms with Gasteiger partial charge < -0.3 is 4.98 Å². The Hall–Kier alpha value is -3.32. The minimum absolute atomic E-state index is 0.0230. The van der Waals surface area contributed by atoms with Crippen molar-refractivity contribution < 1.29 is 0 Å². The number of aryl methyl sites for hydroxylation is 2. The number of pyridine rings is 1. The van der Waals surface area contributed by atoms with Crippen LogP contribution >= 0.6 is 0 Å². The van der Waals surface area contributed by atoms with E-state index in [0.29, 0.717) is 12.6 Å². The van der Waals surface area contributed by atoms with Crippen molar-refractivity contribution in [1.29, 1.82) is 0 Å². The molecule has 2 heterocycles. The molecule has 7 nitrogen and oxygen atoms in total. The molecular weight excluding hydrogens is 460 g/mol. The van der Waals surface area contributed by atoms with Crippen LogP contribution in [0.25, 0.3) is 10.9 Å². The second-order valence-electron chi connectivity index (χ2n) is 10.6. The summed E-state index contributed by atoms with van der Waals surface area (Å²) >= 11 is 0. The van der Waals surface area contributed by atoms with Crippen LogP contribution in [-0.2, 0) is 13.0 Å². The molecule has 2 aromatic heterocycles. The number of nitrogens with zero attached hydrogens (tertiary/aromatic N) is 5. The van der Waals surface area contributed by atoms with Crippen LogP contribution in [0.4, 0.5) is 0 Å². The quantitative estimate of drug-likeness (QED) is 0.314. The number of tetrazole rings is 1. The molecule has 0 spiro atoms. The first kappa shape index (κ1) is 25.3. The smallest absolute Gasteiger partial charge is 0.252 e. The van der Waals surface area contributed by atoms with Crippen molar-refractivity contribution in [3.63, 3.8) is 0 Å². The Morgan fingerprint density at radius 1 is 1.08 bits per heavy atom. The van der Waals surface area contributed by atoms with E-state index in [-0.39, 0.29) is 11.6 Å². The van der Waals surface area contributed by atoms with Crippen LogP contribution in [0.2, 0.25) is 0 Å². The number of hydrogen-bond donors (Lipinski definition) is 1. The number of aromatic nitrogens is 5. The average molecular weight is 499 g/mol. The predicted octanol–water partition coefficient (Wildman–Crippen LogP) is 5.83. The zero-order valence-corrected chi connectivity index (χ0v) is 22.3. The van der Waals surface area contributed by atoms with E-state index < -0.39 is 0 Å². The molecule has 1 fully saturated rings. The molecule has 5 rings (SSSR count). The zero-order chi connectivity index (χ0) is 25.8. The number of nitrogens with one attached hydrogen (secondary N) is 1. The summed E-state index contributed by atoms with van der Waals surface area (Å²) in [5.41, 5.74) is 5.27. The van der Waals surface area contributed by atoms with Gasteiger partial charge in [-0.1, -0.05) is 62.6 Å². The van der Waals surface area contributed by atoms with Gasteiger partial charge in [0.2, 0.25) is 0 Å². The van der Waals surface area contributed by atoms with Crippen LogP contribution in [0.5, 0.6) is 0 Å². The van der Waals surface area contributed by atoms with Gasteiger partial charge in [-0.3, -0.25) is 9.69 Å². The lowest BCUT2D eigenvalue weighted by Gasteiger charge is -2.32. The highest BCUT2D eigenvalue weighted by atomic mass is 16.1. The Balaban J connectivity index is 1.50. The molecule has 1 aliphatic carbocycles. The molecular formula is C30H38N6O. The van der Waals surface area contributed by atoms with Gasteiger partial charge in [-0.15, -0.1) is 5.10 Å². The normalized spacial score (nSPS) is 15.5. The van der Waals surface area contributed by atoms with E-state index in [1.165, 1.54) is 30.4 Å². The van der Waals surface area contributed by atoms with Gasteiger partial charge in [0.15, 0.2) is 5.82 Å². The van der Waals surface area contributed by atoms with Crippen molar-refractivity contribution in [3.8, 4) is 0 Å². The van der Waals surface area contributed by atoms with Crippen molar-refractivity contribution in [1.82, 2.24) is 30.1 Å². The van der Waals surface area contributed by atoms with Gasteiger partial charge in [0.1, 0.15) is 0 Å². The molecule has 1 aliphatic rings. The van der Waals surface area contributed by atoms with Gasteiger partial charge >= 0.3 is 0 Å². The molecule has 0 bridgehead atoms. The lowest BCUT2D eigenvalue weighted by molar-refractivity contribution is 0.165. The monoisotopic (exact) mass is 498 g/mol. The first-order chi connectivity index (χ1) is 18.0. The standard InChI is InChI=1S/C30H38N6O/c1-4-28(29-32-33-34-36(29)25-13-9-6-10-14-25)35(16-15-23-11-7-5-8-12-23)20-24-19-26-22(3)17-21(2)18-27(26)31-30(24)37/h5,7-8,11-12,17-19,25,28H,4,6,9-10,13-16,20H2,1-3H3,(H,31,37)/t28-/m1/s1. The molecule has 37 heavy (non-hydrogen) atoms. The van der Waals surface area contributed by atoms with E-state index in [1.807, 2.05) is 12.1 Å². The third-order valence-electron chi connectivity index (χ3n) is 7.86. The Labute approximate surface area is 218 Å². The maximum absolute atomic E-state index is 13.2. The van der Waals surface area contributed by atoms with Gasteiger partial charge in [0, 0.05) is 29.6 Å². The molecule has 194 valence electrons. The fraction of sp³-hybridized carbons (Fsp3) is 0.467. The highest BCUT2D eigenvalue weighted by molar-refractivity contribution is 5.83. The average Bonchev–Trinajstić information content (AvgIpc) is 3.39. The number of benzene rings is 2. The summed E-state index contributed by atoms with van der Waals surface area (Å²) in [7, 11) is 0. The molecule has 0 radical (unpaired) electrons. The van der Waals surface area contributed by atoms with Gasteiger partial charge in [0.05, 0.1) is 12.1 Å². The topological polar surface area (TPSA) is 79.7 Å². The van der Waals surface area contributed by atoms with Crippen molar-refractivity contribution in [3.05, 3.63) is 87.0 Å². The fourth-order valence-electron chi connectivity index (χ4n) is 5.92. The minimum atomic E-state index is -0.0241. The first-order valence-electron chi connectivity index (χ1n) is 13.7. The highest BCUT2D eigenvalue weighted by Crippen LogP contribution is 2.32. The van der Waals surface area contributed by atoms with E-state index >= 15 is 0 Å². The van der Waals surface area contributed by atoms with E-state index in [4.69, 9.17) is 0 Å². The molecule has 0 aliphatic heterocycles. The van der Waals surface area contributed by atoms with E-state index in [1.54, 1.807) is 0 Å². The second kappa shape index (κ2) is 11.4. The van der Waals surface area contributed by atoms with Crippen LogP contribution in [0.15, 0.2) is 53.3 Å². The van der Waals surface area contributed by atoms with Crippen molar-refractivity contribution >= 4 is 10.9 Å². The number of H-pyrrole nitrogens is 1. The molecule has 7 heteroatoms. The number of fused-ring (bicyclic) bond motifs is 1. The third kappa shape index (κ3) is 5.67. The predicted molar refractivity (Wildman–Crippen MR) is 148 cm³/mol. The van der Waals surface area contributed by atoms with Crippen molar-refractivity contribution in [2.75, 3.05) is 6.54 Å². The summed E-state index contributed by atoms with van der Waals surface area (Å²) in [5.74, 6) is 0.923. The largest absolute Gasteiger partial charge is 0.322 e. The molecule has 0 saturated heterocycles. The molecule has 4 aromatic rings. The zero-order valence-electron chi connectivity index (χ0n) is 22.3. The van der Waals surface area contributed by atoms with Crippen LogP contribution in [0, 0.1) is 13.8 Å². The molecule has 2 aromatic carbocycles. The SMILES string of the molecule is CC[C@H](c1nnnn1C1CCCCC1)N(CCc1ccccc1)Cc1cc2c(C)cc(C)cc2[nH]c1=O. The molecule has 1 atom stereocenters. The molecule has 0 unspecified atom stereocenters. The van der Waals surface area contributed by atoms with Gasteiger partial charge in [-0.2, -0.15) is 0 Å². The van der Waals surface area contributed by atoms with Crippen molar-refractivity contribution in [2.24, 2.45) is 0 Å². The maximum Gasteiger partial charge on any atom is 0.252 e. The Morgan fingerprint density at radius 2 is 1.86 bits per heavy atom. The summed E-state index contributed by atoms with van der Waals surface area (Å²) in [6, 6.07) is 17.2. The lowest BCUT2D eigenvalue weighted by Crippen LogP contribution is -2.35. The van der Waals surface area contributed by atoms with Crippen molar-refractivity contribution in [2.45, 2.75) is 84.3 Å². The number of hydrogen-bond acceptors (Lipinski definition) is 5. The maximum atomic E-state index is 13.2.